The second-order valence-corrected chi connectivity index (χ2v) is 8.30. The Kier molecular flexibility index (Phi) is 7.26. The minimum atomic E-state index is -0.460. The number of carbonyl (C=O) groups excluding carboxylic acids is 1. The van der Waals surface area contributed by atoms with Crippen molar-refractivity contribution in [1.29, 1.82) is 0 Å². The minimum absolute atomic E-state index is 0.0686. The molecular formula is C24H22ClN3O4S. The van der Waals surface area contributed by atoms with Crippen LogP contribution in [0.15, 0.2) is 60.2 Å². The molecule has 0 atom stereocenters. The molecule has 0 saturated heterocycles. The maximum atomic E-state index is 12.5. The summed E-state index contributed by atoms with van der Waals surface area (Å²) in [4.78, 5) is 17.0. The number of esters is 1. The summed E-state index contributed by atoms with van der Waals surface area (Å²) in [5.41, 5.74) is 2.86. The number of carbonyl (C=O) groups is 1. The molecule has 0 radical (unpaired) electrons. The number of rotatable bonds is 9. The van der Waals surface area contributed by atoms with Gasteiger partial charge in [-0.25, -0.2) is 9.78 Å². The number of hydrogen-bond acceptors (Lipinski definition) is 7. The lowest BCUT2D eigenvalue weighted by molar-refractivity contribution is 0.0468. The van der Waals surface area contributed by atoms with Crippen LogP contribution in [-0.4, -0.2) is 34.5 Å². The van der Waals surface area contributed by atoms with Crippen LogP contribution in [0.25, 0.3) is 10.6 Å². The normalized spacial score (nSPS) is 10.8. The van der Waals surface area contributed by atoms with E-state index in [4.69, 9.17) is 25.8 Å². The van der Waals surface area contributed by atoms with Gasteiger partial charge < -0.3 is 14.2 Å². The third-order valence-corrected chi connectivity index (χ3v) is 6.08. The summed E-state index contributed by atoms with van der Waals surface area (Å²) in [5.74, 6) is 0.869. The number of benzene rings is 2. The second-order valence-electron chi connectivity index (χ2n) is 7.04. The maximum absolute atomic E-state index is 12.5. The van der Waals surface area contributed by atoms with E-state index >= 15 is 0 Å². The molecule has 0 amide bonds. The van der Waals surface area contributed by atoms with E-state index in [9.17, 15) is 4.79 Å². The SMILES string of the molecule is CCOc1ccc(-c2nc(COC(=O)c3cnn(Cc4ccccc4Cl)c3)cs2)cc1OC. The van der Waals surface area contributed by atoms with E-state index < -0.39 is 5.97 Å². The van der Waals surface area contributed by atoms with Gasteiger partial charge >= 0.3 is 5.97 Å². The monoisotopic (exact) mass is 483 g/mol. The van der Waals surface area contributed by atoms with E-state index in [-0.39, 0.29) is 6.61 Å². The Labute approximate surface area is 200 Å². The van der Waals surface area contributed by atoms with E-state index in [1.54, 1.807) is 18.0 Å². The molecule has 0 N–H and O–H groups in total. The van der Waals surface area contributed by atoms with Crippen LogP contribution in [0.1, 0.15) is 28.5 Å². The van der Waals surface area contributed by atoms with Gasteiger partial charge in [-0.3, -0.25) is 4.68 Å². The molecule has 0 bridgehead atoms. The van der Waals surface area contributed by atoms with Crippen molar-refractivity contribution < 1.29 is 19.0 Å². The van der Waals surface area contributed by atoms with Gasteiger partial charge in [0.25, 0.3) is 0 Å². The van der Waals surface area contributed by atoms with Gasteiger partial charge in [0.2, 0.25) is 0 Å². The fourth-order valence-corrected chi connectivity index (χ4v) is 4.16. The van der Waals surface area contributed by atoms with Gasteiger partial charge in [-0.05, 0) is 36.8 Å². The molecule has 2 aromatic heterocycles. The molecule has 0 spiro atoms. The molecule has 9 heteroatoms. The van der Waals surface area contributed by atoms with Crippen molar-refractivity contribution >= 4 is 28.9 Å². The molecule has 7 nitrogen and oxygen atoms in total. The third-order valence-electron chi connectivity index (χ3n) is 4.77. The first-order chi connectivity index (χ1) is 16.1. The first kappa shape index (κ1) is 22.8. The Morgan fingerprint density at radius 1 is 1.18 bits per heavy atom. The highest BCUT2D eigenvalue weighted by Crippen LogP contribution is 2.34. The second kappa shape index (κ2) is 10.5. The Morgan fingerprint density at radius 2 is 2.03 bits per heavy atom. The topological polar surface area (TPSA) is 75.5 Å². The summed E-state index contributed by atoms with van der Waals surface area (Å²) >= 11 is 7.66. The summed E-state index contributed by atoms with van der Waals surface area (Å²) in [7, 11) is 1.60. The third kappa shape index (κ3) is 5.53. The zero-order valence-electron chi connectivity index (χ0n) is 18.2. The van der Waals surface area contributed by atoms with E-state index in [1.807, 2.05) is 54.8 Å². The van der Waals surface area contributed by atoms with Crippen molar-refractivity contribution in [3.05, 3.63) is 82.1 Å². The van der Waals surface area contributed by atoms with Crippen LogP contribution >= 0.6 is 22.9 Å². The van der Waals surface area contributed by atoms with Crippen molar-refractivity contribution in [3.8, 4) is 22.1 Å². The molecule has 0 fully saturated rings. The summed E-state index contributed by atoms with van der Waals surface area (Å²) < 4.78 is 18.0. The molecule has 0 aliphatic carbocycles. The van der Waals surface area contributed by atoms with Gasteiger partial charge in [0.05, 0.1) is 37.7 Å². The first-order valence-electron chi connectivity index (χ1n) is 10.3. The smallest absolute Gasteiger partial charge is 0.341 e. The van der Waals surface area contributed by atoms with Crippen molar-refractivity contribution in [2.24, 2.45) is 0 Å². The lowest BCUT2D eigenvalue weighted by Crippen LogP contribution is -2.05. The highest BCUT2D eigenvalue weighted by atomic mass is 35.5. The van der Waals surface area contributed by atoms with Crippen molar-refractivity contribution in [2.45, 2.75) is 20.1 Å². The largest absolute Gasteiger partial charge is 0.493 e. The molecule has 170 valence electrons. The fraction of sp³-hybridized carbons (Fsp3) is 0.208. The molecule has 0 aliphatic heterocycles. The van der Waals surface area contributed by atoms with Crippen molar-refractivity contribution in [1.82, 2.24) is 14.8 Å². The van der Waals surface area contributed by atoms with Crippen LogP contribution in [0.4, 0.5) is 0 Å². The van der Waals surface area contributed by atoms with E-state index in [1.165, 1.54) is 17.5 Å². The fourth-order valence-electron chi connectivity index (χ4n) is 3.16. The molecule has 0 unspecified atom stereocenters. The van der Waals surface area contributed by atoms with Crippen LogP contribution in [0.3, 0.4) is 0 Å². The molecule has 0 aliphatic rings. The number of aromatic nitrogens is 3. The molecule has 33 heavy (non-hydrogen) atoms. The van der Waals surface area contributed by atoms with Crippen molar-refractivity contribution in [2.75, 3.05) is 13.7 Å². The summed E-state index contributed by atoms with van der Waals surface area (Å²) in [5, 5.41) is 7.55. The predicted molar refractivity (Wildman–Crippen MR) is 127 cm³/mol. The highest BCUT2D eigenvalue weighted by Gasteiger charge is 2.14. The number of halogens is 1. The average Bonchev–Trinajstić information content (AvgIpc) is 3.49. The molecule has 0 saturated carbocycles. The average molecular weight is 484 g/mol. The summed E-state index contributed by atoms with van der Waals surface area (Å²) in [6.07, 6.45) is 3.13. The summed E-state index contributed by atoms with van der Waals surface area (Å²) in [6, 6.07) is 13.2. The molecular weight excluding hydrogens is 462 g/mol. The van der Waals surface area contributed by atoms with Crippen LogP contribution in [0.5, 0.6) is 11.5 Å². The van der Waals surface area contributed by atoms with Gasteiger partial charge in [-0.2, -0.15) is 5.10 Å². The lowest BCUT2D eigenvalue weighted by atomic mass is 10.2. The van der Waals surface area contributed by atoms with Crippen molar-refractivity contribution in [3.63, 3.8) is 0 Å². The summed E-state index contributed by atoms with van der Waals surface area (Å²) in [6.45, 7) is 3.01. The van der Waals surface area contributed by atoms with E-state index in [0.29, 0.717) is 40.9 Å². The predicted octanol–water partition coefficient (Wildman–Crippen LogP) is 5.47. The van der Waals surface area contributed by atoms with Crippen LogP contribution in [0, 0.1) is 0 Å². The number of methoxy groups -OCH3 is 1. The van der Waals surface area contributed by atoms with Crippen LogP contribution in [0.2, 0.25) is 5.02 Å². The Hall–Kier alpha value is -3.36. The Morgan fingerprint density at radius 3 is 2.82 bits per heavy atom. The first-order valence-corrected chi connectivity index (χ1v) is 11.5. The van der Waals surface area contributed by atoms with Gasteiger partial charge in [-0.1, -0.05) is 29.8 Å². The number of hydrogen-bond donors (Lipinski definition) is 0. The van der Waals surface area contributed by atoms with Crippen LogP contribution in [-0.2, 0) is 17.9 Å². The number of nitrogens with zero attached hydrogens (tertiary/aromatic N) is 3. The van der Waals surface area contributed by atoms with E-state index in [2.05, 4.69) is 10.1 Å². The number of ether oxygens (including phenoxy) is 3. The zero-order valence-corrected chi connectivity index (χ0v) is 19.7. The minimum Gasteiger partial charge on any atom is -0.493 e. The molecule has 2 heterocycles. The molecule has 2 aromatic carbocycles. The van der Waals surface area contributed by atoms with Gasteiger partial charge in [0, 0.05) is 22.2 Å². The Balaban J connectivity index is 1.37. The van der Waals surface area contributed by atoms with E-state index in [0.717, 1.165) is 16.1 Å². The van der Waals surface area contributed by atoms with Gasteiger partial charge in [0.15, 0.2) is 11.5 Å². The zero-order chi connectivity index (χ0) is 23.2. The van der Waals surface area contributed by atoms with Gasteiger partial charge in [0.1, 0.15) is 11.6 Å². The molecule has 4 rings (SSSR count). The Bertz CT molecular complexity index is 1250. The highest BCUT2D eigenvalue weighted by molar-refractivity contribution is 7.13. The standard InChI is InChI=1S/C24H22ClN3O4S/c1-3-31-21-9-8-16(10-22(21)30-2)23-27-19(15-33-23)14-32-24(29)18-11-26-28(13-18)12-17-6-4-5-7-20(17)25/h4-11,13,15H,3,12,14H2,1-2H3. The lowest BCUT2D eigenvalue weighted by Gasteiger charge is -2.09. The number of thiazole rings is 1. The maximum Gasteiger partial charge on any atom is 0.341 e. The molecule has 4 aromatic rings. The van der Waals surface area contributed by atoms with Crippen LogP contribution < -0.4 is 9.47 Å². The van der Waals surface area contributed by atoms with Gasteiger partial charge in [-0.15, -0.1) is 11.3 Å². The quantitative estimate of drug-likeness (QED) is 0.294.